The Hall–Kier alpha value is -0.0800. The highest BCUT2D eigenvalue weighted by atomic mass is 15.2. The van der Waals surface area contributed by atoms with Gasteiger partial charge in [0, 0.05) is 11.6 Å². The molecule has 1 atom stereocenters. The van der Waals surface area contributed by atoms with Crippen LogP contribution in [0.1, 0.15) is 51.9 Å². The lowest BCUT2D eigenvalue weighted by atomic mass is 9.89. The first kappa shape index (κ1) is 10.4. The van der Waals surface area contributed by atoms with E-state index in [4.69, 9.17) is 5.73 Å². The summed E-state index contributed by atoms with van der Waals surface area (Å²) in [5.41, 5.74) is 6.63. The van der Waals surface area contributed by atoms with Gasteiger partial charge in [-0.25, -0.2) is 0 Å². The summed E-state index contributed by atoms with van der Waals surface area (Å²) in [4.78, 5) is 2.62. The van der Waals surface area contributed by atoms with Crippen molar-refractivity contribution in [3.05, 3.63) is 0 Å². The Morgan fingerprint density at radius 3 is 2.64 bits per heavy atom. The molecular formula is C12H24N2. The number of hydrogen-bond donors (Lipinski definition) is 1. The smallest absolute Gasteiger partial charge is 0.0169 e. The van der Waals surface area contributed by atoms with E-state index in [2.05, 4.69) is 11.8 Å². The van der Waals surface area contributed by atoms with E-state index < -0.39 is 0 Å². The highest BCUT2D eigenvalue weighted by Gasteiger charge is 2.35. The molecule has 1 saturated heterocycles. The summed E-state index contributed by atoms with van der Waals surface area (Å²) < 4.78 is 0. The number of nitrogens with zero attached hydrogens (tertiary/aromatic N) is 1. The Labute approximate surface area is 87.8 Å². The minimum atomic E-state index is 0.197. The molecule has 2 rings (SSSR count). The number of nitrogens with two attached hydrogens (primary N) is 1. The Balaban J connectivity index is 1.89. The second-order valence-electron chi connectivity index (χ2n) is 5.20. The minimum Gasteiger partial charge on any atom is -0.325 e. The average Bonchev–Trinajstić information content (AvgIpc) is 2.75. The van der Waals surface area contributed by atoms with Gasteiger partial charge in [-0.1, -0.05) is 19.8 Å². The molecule has 0 bridgehead atoms. The second-order valence-corrected chi connectivity index (χ2v) is 5.20. The Kier molecular flexibility index (Phi) is 3.13. The van der Waals surface area contributed by atoms with Gasteiger partial charge in [-0.05, 0) is 45.2 Å². The van der Waals surface area contributed by atoms with Crippen LogP contribution in [-0.2, 0) is 0 Å². The van der Waals surface area contributed by atoms with Gasteiger partial charge in [-0.15, -0.1) is 0 Å². The van der Waals surface area contributed by atoms with Gasteiger partial charge in [-0.3, -0.25) is 0 Å². The lowest BCUT2D eigenvalue weighted by molar-refractivity contribution is 0.213. The lowest BCUT2D eigenvalue weighted by Gasteiger charge is -2.31. The summed E-state index contributed by atoms with van der Waals surface area (Å²) >= 11 is 0. The fourth-order valence-electron chi connectivity index (χ4n) is 3.30. The van der Waals surface area contributed by atoms with Gasteiger partial charge in [0.2, 0.25) is 0 Å². The van der Waals surface area contributed by atoms with Crippen molar-refractivity contribution < 1.29 is 0 Å². The molecule has 0 spiro atoms. The van der Waals surface area contributed by atoms with E-state index >= 15 is 0 Å². The van der Waals surface area contributed by atoms with Crippen LogP contribution in [0.2, 0.25) is 0 Å². The van der Waals surface area contributed by atoms with E-state index in [1.807, 2.05) is 0 Å². The predicted molar refractivity (Wildman–Crippen MR) is 60.3 cm³/mol. The van der Waals surface area contributed by atoms with Gasteiger partial charge >= 0.3 is 0 Å². The zero-order valence-corrected chi connectivity index (χ0v) is 9.47. The maximum absolute atomic E-state index is 6.43. The summed E-state index contributed by atoms with van der Waals surface area (Å²) in [7, 11) is 0. The molecule has 1 aliphatic heterocycles. The molecule has 2 N–H and O–H groups in total. The Morgan fingerprint density at radius 1 is 1.29 bits per heavy atom. The standard InChI is InChI=1S/C12H24N2/c1-2-14-9-5-6-11(14)10-12(13)7-3-4-8-12/h11H,2-10,13H2,1H3. The molecule has 1 heterocycles. The molecule has 2 heteroatoms. The van der Waals surface area contributed by atoms with E-state index in [0.717, 1.165) is 6.04 Å². The molecule has 0 aromatic heterocycles. The molecule has 2 aliphatic rings. The first-order valence-electron chi connectivity index (χ1n) is 6.26. The van der Waals surface area contributed by atoms with Crippen LogP contribution in [0.5, 0.6) is 0 Å². The van der Waals surface area contributed by atoms with E-state index in [1.54, 1.807) is 0 Å². The van der Waals surface area contributed by atoms with E-state index in [-0.39, 0.29) is 5.54 Å². The van der Waals surface area contributed by atoms with Gasteiger partial charge in [0.15, 0.2) is 0 Å². The maximum atomic E-state index is 6.43. The summed E-state index contributed by atoms with van der Waals surface area (Å²) in [6.07, 6.45) is 9.26. The molecular weight excluding hydrogens is 172 g/mol. The van der Waals surface area contributed by atoms with Crippen LogP contribution in [0.15, 0.2) is 0 Å². The molecule has 1 aliphatic carbocycles. The zero-order chi connectivity index (χ0) is 10.0. The topological polar surface area (TPSA) is 29.3 Å². The maximum Gasteiger partial charge on any atom is 0.0169 e. The number of hydrogen-bond acceptors (Lipinski definition) is 2. The quantitative estimate of drug-likeness (QED) is 0.749. The van der Waals surface area contributed by atoms with Crippen molar-refractivity contribution in [2.45, 2.75) is 63.5 Å². The minimum absolute atomic E-state index is 0.197. The van der Waals surface area contributed by atoms with Crippen molar-refractivity contribution in [3.63, 3.8) is 0 Å². The lowest BCUT2D eigenvalue weighted by Crippen LogP contribution is -2.43. The van der Waals surface area contributed by atoms with Crippen LogP contribution in [0.25, 0.3) is 0 Å². The fourth-order valence-corrected chi connectivity index (χ4v) is 3.30. The Bertz CT molecular complexity index is 185. The van der Waals surface area contributed by atoms with Crippen molar-refractivity contribution in [1.82, 2.24) is 4.90 Å². The number of rotatable bonds is 3. The number of likely N-dealkylation sites (tertiary alicyclic amines) is 1. The van der Waals surface area contributed by atoms with Crippen molar-refractivity contribution in [2.24, 2.45) is 5.73 Å². The molecule has 82 valence electrons. The summed E-state index contributed by atoms with van der Waals surface area (Å²) in [6.45, 7) is 4.79. The first-order chi connectivity index (χ1) is 6.73. The van der Waals surface area contributed by atoms with Crippen molar-refractivity contribution in [3.8, 4) is 0 Å². The SMILES string of the molecule is CCN1CCCC1CC1(N)CCCC1. The third-order valence-corrected chi connectivity index (χ3v) is 4.15. The third-order valence-electron chi connectivity index (χ3n) is 4.15. The third kappa shape index (κ3) is 2.12. The van der Waals surface area contributed by atoms with Gasteiger partial charge < -0.3 is 10.6 Å². The molecule has 0 radical (unpaired) electrons. The summed E-state index contributed by atoms with van der Waals surface area (Å²) in [6, 6.07) is 0.795. The molecule has 0 aromatic rings. The monoisotopic (exact) mass is 196 g/mol. The second kappa shape index (κ2) is 4.19. The molecule has 0 aromatic carbocycles. The largest absolute Gasteiger partial charge is 0.325 e. The normalized spacial score (nSPS) is 32.6. The van der Waals surface area contributed by atoms with Crippen molar-refractivity contribution in [2.75, 3.05) is 13.1 Å². The van der Waals surface area contributed by atoms with Crippen LogP contribution in [-0.4, -0.2) is 29.6 Å². The first-order valence-corrected chi connectivity index (χ1v) is 6.26. The van der Waals surface area contributed by atoms with E-state index in [1.165, 1.54) is 58.0 Å². The fraction of sp³-hybridized carbons (Fsp3) is 1.00. The van der Waals surface area contributed by atoms with Gasteiger partial charge in [-0.2, -0.15) is 0 Å². The van der Waals surface area contributed by atoms with Crippen LogP contribution < -0.4 is 5.73 Å². The molecule has 1 saturated carbocycles. The molecule has 2 nitrogen and oxygen atoms in total. The van der Waals surface area contributed by atoms with Gasteiger partial charge in [0.1, 0.15) is 0 Å². The van der Waals surface area contributed by atoms with Gasteiger partial charge in [0.25, 0.3) is 0 Å². The highest BCUT2D eigenvalue weighted by Crippen LogP contribution is 2.34. The van der Waals surface area contributed by atoms with Crippen LogP contribution in [0.4, 0.5) is 0 Å². The van der Waals surface area contributed by atoms with E-state index in [0.29, 0.717) is 0 Å². The Morgan fingerprint density at radius 2 is 2.00 bits per heavy atom. The molecule has 1 unspecified atom stereocenters. The van der Waals surface area contributed by atoms with Crippen LogP contribution >= 0.6 is 0 Å². The summed E-state index contributed by atoms with van der Waals surface area (Å²) in [5.74, 6) is 0. The predicted octanol–water partition coefficient (Wildman–Crippen LogP) is 2.13. The average molecular weight is 196 g/mol. The molecule has 14 heavy (non-hydrogen) atoms. The highest BCUT2D eigenvalue weighted by molar-refractivity contribution is 4.94. The molecule has 2 fully saturated rings. The van der Waals surface area contributed by atoms with E-state index in [9.17, 15) is 0 Å². The van der Waals surface area contributed by atoms with Crippen molar-refractivity contribution >= 4 is 0 Å². The summed E-state index contributed by atoms with van der Waals surface area (Å²) in [5, 5.41) is 0. The molecule has 0 amide bonds. The zero-order valence-electron chi connectivity index (χ0n) is 9.47. The van der Waals surface area contributed by atoms with Crippen LogP contribution in [0.3, 0.4) is 0 Å². The van der Waals surface area contributed by atoms with Crippen molar-refractivity contribution in [1.29, 1.82) is 0 Å². The van der Waals surface area contributed by atoms with Gasteiger partial charge in [0.05, 0.1) is 0 Å². The van der Waals surface area contributed by atoms with Crippen LogP contribution in [0, 0.1) is 0 Å².